The maximum absolute atomic E-state index is 5.72. The van der Waals surface area contributed by atoms with E-state index in [1.807, 2.05) is 6.07 Å². The molecule has 1 aliphatic rings. The van der Waals surface area contributed by atoms with Crippen molar-refractivity contribution in [1.82, 2.24) is 9.88 Å². The van der Waals surface area contributed by atoms with Crippen LogP contribution in [0, 0.1) is 0 Å². The second kappa shape index (κ2) is 6.98. The largest absolute Gasteiger partial charge is 0.377 e. The van der Waals surface area contributed by atoms with Crippen LogP contribution in [0.3, 0.4) is 0 Å². The SMILES string of the molecule is NCCOC1CCN(Cc2ccc3ccccc3n2)CC1. The minimum atomic E-state index is 0.384. The van der Waals surface area contributed by atoms with Gasteiger partial charge >= 0.3 is 0 Å². The number of aromatic nitrogens is 1. The third kappa shape index (κ3) is 3.79. The van der Waals surface area contributed by atoms with E-state index in [0.717, 1.165) is 43.7 Å². The third-order valence-corrected chi connectivity index (χ3v) is 4.05. The van der Waals surface area contributed by atoms with Crippen LogP contribution in [0.5, 0.6) is 0 Å². The molecule has 2 N–H and O–H groups in total. The zero-order chi connectivity index (χ0) is 14.5. The normalized spacial score (nSPS) is 17.4. The van der Waals surface area contributed by atoms with Crippen molar-refractivity contribution in [3.63, 3.8) is 0 Å². The molecule has 3 rings (SSSR count). The third-order valence-electron chi connectivity index (χ3n) is 4.05. The van der Waals surface area contributed by atoms with Gasteiger partial charge in [-0.05, 0) is 25.0 Å². The summed E-state index contributed by atoms with van der Waals surface area (Å²) in [6, 6.07) is 12.6. The van der Waals surface area contributed by atoms with Crippen LogP contribution in [0.15, 0.2) is 36.4 Å². The zero-order valence-corrected chi connectivity index (χ0v) is 12.4. The van der Waals surface area contributed by atoms with Crippen LogP contribution < -0.4 is 5.73 Å². The number of rotatable bonds is 5. The molecule has 1 fully saturated rings. The van der Waals surface area contributed by atoms with Crippen LogP contribution >= 0.6 is 0 Å². The fourth-order valence-corrected chi connectivity index (χ4v) is 2.89. The minimum Gasteiger partial charge on any atom is -0.377 e. The standard InChI is InChI=1S/C17H23N3O/c18-9-12-21-16-7-10-20(11-8-16)13-15-6-5-14-3-1-2-4-17(14)19-15/h1-6,16H,7-13,18H2. The molecule has 112 valence electrons. The molecular formula is C17H23N3O. The van der Waals surface area contributed by atoms with Gasteiger partial charge in [0.15, 0.2) is 0 Å². The number of hydrogen-bond acceptors (Lipinski definition) is 4. The van der Waals surface area contributed by atoms with Crippen molar-refractivity contribution in [2.75, 3.05) is 26.2 Å². The Morgan fingerprint density at radius 2 is 1.95 bits per heavy atom. The quantitative estimate of drug-likeness (QED) is 0.915. The van der Waals surface area contributed by atoms with E-state index in [0.29, 0.717) is 19.3 Å². The maximum atomic E-state index is 5.72. The van der Waals surface area contributed by atoms with Crippen molar-refractivity contribution in [3.8, 4) is 0 Å². The van der Waals surface area contributed by atoms with E-state index < -0.39 is 0 Å². The minimum absolute atomic E-state index is 0.384. The van der Waals surface area contributed by atoms with Gasteiger partial charge in [0, 0.05) is 31.6 Å². The first-order valence-electron chi connectivity index (χ1n) is 7.74. The van der Waals surface area contributed by atoms with E-state index in [-0.39, 0.29) is 0 Å². The average molecular weight is 285 g/mol. The van der Waals surface area contributed by atoms with E-state index in [1.165, 1.54) is 5.39 Å². The van der Waals surface area contributed by atoms with Gasteiger partial charge in [-0.3, -0.25) is 9.88 Å². The number of hydrogen-bond donors (Lipinski definition) is 1. The number of fused-ring (bicyclic) bond motifs is 1. The Balaban J connectivity index is 1.56. The predicted octanol–water partition coefficient (Wildman–Crippen LogP) is 2.17. The van der Waals surface area contributed by atoms with Crippen molar-refractivity contribution in [2.45, 2.75) is 25.5 Å². The summed E-state index contributed by atoms with van der Waals surface area (Å²) in [7, 11) is 0. The molecule has 0 aliphatic carbocycles. The molecule has 1 aromatic carbocycles. The summed E-state index contributed by atoms with van der Waals surface area (Å²) in [5, 5.41) is 1.20. The molecule has 0 bridgehead atoms. The van der Waals surface area contributed by atoms with Crippen molar-refractivity contribution in [3.05, 3.63) is 42.1 Å². The topological polar surface area (TPSA) is 51.4 Å². The maximum Gasteiger partial charge on any atom is 0.0705 e. The summed E-state index contributed by atoms with van der Waals surface area (Å²) in [5.41, 5.74) is 7.70. The molecule has 4 heteroatoms. The summed E-state index contributed by atoms with van der Waals surface area (Å²) >= 11 is 0. The lowest BCUT2D eigenvalue weighted by molar-refractivity contribution is 0.00956. The van der Waals surface area contributed by atoms with Crippen molar-refractivity contribution >= 4 is 10.9 Å². The molecule has 2 aromatic rings. The molecule has 0 spiro atoms. The molecule has 0 amide bonds. The number of piperidine rings is 1. The first kappa shape index (κ1) is 14.4. The lowest BCUT2D eigenvalue weighted by Crippen LogP contribution is -2.37. The Bertz CT molecular complexity index is 579. The van der Waals surface area contributed by atoms with E-state index >= 15 is 0 Å². The van der Waals surface area contributed by atoms with Crippen LogP contribution in [-0.4, -0.2) is 42.2 Å². The van der Waals surface area contributed by atoms with Gasteiger partial charge in [-0.25, -0.2) is 0 Å². The first-order valence-corrected chi connectivity index (χ1v) is 7.74. The van der Waals surface area contributed by atoms with Gasteiger partial charge in [-0.2, -0.15) is 0 Å². The van der Waals surface area contributed by atoms with E-state index in [4.69, 9.17) is 15.5 Å². The molecule has 0 atom stereocenters. The Morgan fingerprint density at radius 1 is 1.14 bits per heavy atom. The molecule has 2 heterocycles. The first-order chi connectivity index (χ1) is 10.3. The lowest BCUT2D eigenvalue weighted by Gasteiger charge is -2.31. The number of likely N-dealkylation sites (tertiary alicyclic amines) is 1. The Morgan fingerprint density at radius 3 is 2.76 bits per heavy atom. The van der Waals surface area contributed by atoms with Gasteiger partial charge in [-0.15, -0.1) is 0 Å². The second-order valence-electron chi connectivity index (χ2n) is 5.63. The fraction of sp³-hybridized carbons (Fsp3) is 0.471. The molecule has 21 heavy (non-hydrogen) atoms. The van der Waals surface area contributed by atoms with Gasteiger partial charge in [0.25, 0.3) is 0 Å². The molecule has 1 saturated heterocycles. The lowest BCUT2D eigenvalue weighted by atomic mass is 10.1. The van der Waals surface area contributed by atoms with Gasteiger partial charge in [0.1, 0.15) is 0 Å². The van der Waals surface area contributed by atoms with E-state index in [2.05, 4.69) is 35.2 Å². The van der Waals surface area contributed by atoms with Gasteiger partial charge in [-0.1, -0.05) is 24.3 Å². The highest BCUT2D eigenvalue weighted by Gasteiger charge is 2.19. The smallest absolute Gasteiger partial charge is 0.0705 e. The van der Waals surface area contributed by atoms with Crippen LogP contribution in [0.4, 0.5) is 0 Å². The summed E-state index contributed by atoms with van der Waals surface area (Å²) in [6.45, 7) is 4.36. The van der Waals surface area contributed by atoms with Crippen molar-refractivity contribution < 1.29 is 4.74 Å². The Hall–Kier alpha value is -1.49. The fourth-order valence-electron chi connectivity index (χ4n) is 2.89. The highest BCUT2D eigenvalue weighted by Crippen LogP contribution is 2.17. The van der Waals surface area contributed by atoms with Crippen LogP contribution in [-0.2, 0) is 11.3 Å². The zero-order valence-electron chi connectivity index (χ0n) is 12.4. The summed E-state index contributed by atoms with van der Waals surface area (Å²) in [4.78, 5) is 7.21. The van der Waals surface area contributed by atoms with Gasteiger partial charge in [0.05, 0.1) is 23.9 Å². The number of pyridine rings is 1. The molecule has 0 radical (unpaired) electrons. The number of nitrogens with zero attached hydrogens (tertiary/aromatic N) is 2. The van der Waals surface area contributed by atoms with E-state index in [1.54, 1.807) is 0 Å². The molecule has 0 unspecified atom stereocenters. The summed E-state index contributed by atoms with van der Waals surface area (Å²) in [6.07, 6.45) is 2.57. The van der Waals surface area contributed by atoms with Gasteiger partial charge in [0.2, 0.25) is 0 Å². The molecule has 1 aromatic heterocycles. The van der Waals surface area contributed by atoms with Crippen molar-refractivity contribution in [2.24, 2.45) is 5.73 Å². The Labute approximate surface area is 125 Å². The average Bonchev–Trinajstić information content (AvgIpc) is 2.54. The molecule has 4 nitrogen and oxygen atoms in total. The molecule has 1 aliphatic heterocycles. The van der Waals surface area contributed by atoms with Crippen LogP contribution in [0.2, 0.25) is 0 Å². The highest BCUT2D eigenvalue weighted by molar-refractivity contribution is 5.78. The number of benzene rings is 1. The van der Waals surface area contributed by atoms with Crippen LogP contribution in [0.25, 0.3) is 10.9 Å². The molecular weight excluding hydrogens is 262 g/mol. The Kier molecular flexibility index (Phi) is 4.80. The summed E-state index contributed by atoms with van der Waals surface area (Å²) in [5.74, 6) is 0. The number of nitrogens with two attached hydrogens (primary N) is 1. The second-order valence-corrected chi connectivity index (χ2v) is 5.63. The predicted molar refractivity (Wildman–Crippen MR) is 85.0 cm³/mol. The highest BCUT2D eigenvalue weighted by atomic mass is 16.5. The molecule has 0 saturated carbocycles. The van der Waals surface area contributed by atoms with Gasteiger partial charge < -0.3 is 10.5 Å². The van der Waals surface area contributed by atoms with E-state index in [9.17, 15) is 0 Å². The van der Waals surface area contributed by atoms with Crippen LogP contribution in [0.1, 0.15) is 18.5 Å². The number of ether oxygens (including phenoxy) is 1. The van der Waals surface area contributed by atoms with Crippen molar-refractivity contribution in [1.29, 1.82) is 0 Å². The number of para-hydroxylation sites is 1. The monoisotopic (exact) mass is 285 g/mol. The summed E-state index contributed by atoms with van der Waals surface area (Å²) < 4.78 is 5.72.